The summed E-state index contributed by atoms with van der Waals surface area (Å²) in [7, 11) is 0. The van der Waals surface area contributed by atoms with Crippen LogP contribution >= 0.6 is 11.8 Å². The van der Waals surface area contributed by atoms with Gasteiger partial charge in [0.2, 0.25) is 0 Å². The van der Waals surface area contributed by atoms with E-state index in [1.54, 1.807) is 18.7 Å². The number of para-hydroxylation sites is 1. The van der Waals surface area contributed by atoms with Crippen molar-refractivity contribution in [2.75, 3.05) is 17.7 Å². The second-order valence-electron chi connectivity index (χ2n) is 7.70. The summed E-state index contributed by atoms with van der Waals surface area (Å²) in [5.41, 5.74) is 2.82. The van der Waals surface area contributed by atoms with E-state index in [0.29, 0.717) is 5.75 Å². The fourth-order valence-electron chi connectivity index (χ4n) is 2.84. The first-order chi connectivity index (χ1) is 13.8. The number of hydrogen-bond donors (Lipinski definition) is 2. The molecule has 0 heterocycles. The van der Waals surface area contributed by atoms with Crippen LogP contribution in [0.15, 0.2) is 54.6 Å². The van der Waals surface area contributed by atoms with E-state index in [1.807, 2.05) is 54.6 Å². The van der Waals surface area contributed by atoms with E-state index < -0.39 is 18.0 Å². The fraction of sp³-hybridized carbons (Fsp3) is 0.391. The van der Waals surface area contributed by atoms with Crippen LogP contribution in [0, 0.1) is 0 Å². The minimum absolute atomic E-state index is 0.115. The highest BCUT2D eigenvalue weighted by Gasteiger charge is 2.24. The fourth-order valence-corrected chi connectivity index (χ4v) is 3.84. The molecule has 0 saturated heterocycles. The molecule has 1 unspecified atom stereocenters. The number of amides is 2. The third-order valence-corrected chi connectivity index (χ3v) is 5.36. The Hall–Kier alpha value is -2.47. The molecule has 2 rings (SSSR count). The van der Waals surface area contributed by atoms with E-state index in [2.05, 4.69) is 31.4 Å². The van der Waals surface area contributed by atoms with E-state index in [-0.39, 0.29) is 12.0 Å². The highest BCUT2D eigenvalue weighted by Crippen LogP contribution is 2.29. The number of hydrogen-bond acceptors (Lipinski definition) is 4. The molecule has 2 aromatic carbocycles. The van der Waals surface area contributed by atoms with Gasteiger partial charge < -0.3 is 15.4 Å². The summed E-state index contributed by atoms with van der Waals surface area (Å²) in [5, 5.41) is 5.66. The summed E-state index contributed by atoms with van der Waals surface area (Å²) in [6.45, 7) is 8.30. The Labute approximate surface area is 177 Å². The maximum absolute atomic E-state index is 12.6. The SMILES string of the molecule is CCOC(=O)C(CSCc1ccccc1)NC(=O)Nc1ccccc1C(C)(C)C. The second-order valence-corrected chi connectivity index (χ2v) is 8.73. The predicted molar refractivity (Wildman–Crippen MR) is 120 cm³/mol. The lowest BCUT2D eigenvalue weighted by Crippen LogP contribution is -2.45. The Kier molecular flexibility index (Phi) is 8.58. The lowest BCUT2D eigenvalue weighted by molar-refractivity contribution is -0.144. The van der Waals surface area contributed by atoms with Gasteiger partial charge in [-0.25, -0.2) is 9.59 Å². The highest BCUT2D eigenvalue weighted by atomic mass is 32.2. The number of benzene rings is 2. The van der Waals surface area contributed by atoms with Crippen molar-refractivity contribution in [1.29, 1.82) is 0 Å². The van der Waals surface area contributed by atoms with Gasteiger partial charge in [0.1, 0.15) is 6.04 Å². The number of urea groups is 1. The molecule has 0 fully saturated rings. The summed E-state index contributed by atoms with van der Waals surface area (Å²) >= 11 is 1.58. The molecule has 156 valence electrons. The second kappa shape index (κ2) is 10.9. The largest absolute Gasteiger partial charge is 0.464 e. The number of carbonyl (C=O) groups is 2. The van der Waals surface area contributed by atoms with Gasteiger partial charge in [0.15, 0.2) is 0 Å². The molecular formula is C23H30N2O3S. The Balaban J connectivity index is 2.01. The summed E-state index contributed by atoms with van der Waals surface area (Å²) in [6.07, 6.45) is 0. The number of anilines is 1. The molecular weight excluding hydrogens is 384 g/mol. The Bertz CT molecular complexity index is 803. The average Bonchev–Trinajstić information content (AvgIpc) is 2.68. The molecule has 6 heteroatoms. The maximum Gasteiger partial charge on any atom is 0.329 e. The standard InChI is InChI=1S/C23H30N2O3S/c1-5-28-21(26)20(16-29-15-17-11-7-6-8-12-17)25-22(27)24-19-14-10-9-13-18(19)23(2,3)4/h6-14,20H,5,15-16H2,1-4H3,(H2,24,25,27). The van der Waals surface area contributed by atoms with E-state index >= 15 is 0 Å². The maximum atomic E-state index is 12.6. The van der Waals surface area contributed by atoms with Crippen molar-refractivity contribution in [3.63, 3.8) is 0 Å². The van der Waals surface area contributed by atoms with E-state index in [4.69, 9.17) is 4.74 Å². The molecule has 2 amide bonds. The number of nitrogens with one attached hydrogen (secondary N) is 2. The minimum atomic E-state index is -0.717. The Morgan fingerprint density at radius 1 is 1.03 bits per heavy atom. The molecule has 0 spiro atoms. The zero-order chi connectivity index (χ0) is 21.3. The summed E-state index contributed by atoms with van der Waals surface area (Å²) in [4.78, 5) is 24.9. The van der Waals surface area contributed by atoms with Gasteiger partial charge >= 0.3 is 12.0 Å². The highest BCUT2D eigenvalue weighted by molar-refractivity contribution is 7.98. The first-order valence-corrected chi connectivity index (χ1v) is 10.9. The van der Waals surface area contributed by atoms with E-state index in [1.165, 1.54) is 5.56 Å². The van der Waals surface area contributed by atoms with Crippen LogP contribution in [0.1, 0.15) is 38.8 Å². The number of esters is 1. The summed E-state index contributed by atoms with van der Waals surface area (Å²) < 4.78 is 5.14. The van der Waals surface area contributed by atoms with Crippen LogP contribution in [0.3, 0.4) is 0 Å². The molecule has 29 heavy (non-hydrogen) atoms. The molecule has 0 radical (unpaired) electrons. The zero-order valence-corrected chi connectivity index (χ0v) is 18.3. The molecule has 0 aromatic heterocycles. The van der Waals surface area contributed by atoms with Crippen molar-refractivity contribution < 1.29 is 14.3 Å². The van der Waals surface area contributed by atoms with Gasteiger partial charge in [0.25, 0.3) is 0 Å². The van der Waals surface area contributed by atoms with Crippen molar-refractivity contribution >= 4 is 29.4 Å². The van der Waals surface area contributed by atoms with Crippen molar-refractivity contribution in [1.82, 2.24) is 5.32 Å². The molecule has 0 aliphatic rings. The molecule has 0 aliphatic heterocycles. The molecule has 0 saturated carbocycles. The number of carbonyl (C=O) groups excluding carboxylic acids is 2. The molecule has 1 atom stereocenters. The Morgan fingerprint density at radius 3 is 2.34 bits per heavy atom. The molecule has 5 nitrogen and oxygen atoms in total. The zero-order valence-electron chi connectivity index (χ0n) is 17.5. The van der Waals surface area contributed by atoms with Crippen LogP contribution in [-0.4, -0.2) is 30.4 Å². The lowest BCUT2D eigenvalue weighted by atomic mass is 9.86. The van der Waals surface area contributed by atoms with Crippen LogP contribution in [0.2, 0.25) is 0 Å². The first kappa shape index (κ1) is 22.8. The van der Waals surface area contributed by atoms with E-state index in [9.17, 15) is 9.59 Å². The van der Waals surface area contributed by atoms with Gasteiger partial charge in [-0.3, -0.25) is 0 Å². The third kappa shape index (κ3) is 7.46. The normalized spacial score (nSPS) is 12.1. The smallest absolute Gasteiger partial charge is 0.329 e. The summed E-state index contributed by atoms with van der Waals surface area (Å²) in [5.74, 6) is 0.766. The van der Waals surface area contributed by atoms with Gasteiger partial charge in [0, 0.05) is 17.2 Å². The van der Waals surface area contributed by atoms with Crippen LogP contribution in [-0.2, 0) is 20.7 Å². The lowest BCUT2D eigenvalue weighted by Gasteiger charge is -2.24. The van der Waals surface area contributed by atoms with Crippen molar-refractivity contribution in [2.45, 2.75) is 44.9 Å². The van der Waals surface area contributed by atoms with Gasteiger partial charge in [0.05, 0.1) is 6.61 Å². The molecule has 2 N–H and O–H groups in total. The van der Waals surface area contributed by atoms with Crippen LogP contribution in [0.4, 0.5) is 10.5 Å². The third-order valence-electron chi connectivity index (χ3n) is 4.26. The van der Waals surface area contributed by atoms with Gasteiger partial charge in [-0.2, -0.15) is 11.8 Å². The monoisotopic (exact) mass is 414 g/mol. The van der Waals surface area contributed by atoms with E-state index in [0.717, 1.165) is 17.0 Å². The molecule has 0 aliphatic carbocycles. The molecule has 2 aromatic rings. The number of rotatable bonds is 8. The summed E-state index contributed by atoms with van der Waals surface area (Å²) in [6, 6.07) is 16.6. The average molecular weight is 415 g/mol. The van der Waals surface area contributed by atoms with Crippen LogP contribution < -0.4 is 10.6 Å². The van der Waals surface area contributed by atoms with Crippen LogP contribution in [0.5, 0.6) is 0 Å². The predicted octanol–water partition coefficient (Wildman–Crippen LogP) is 4.97. The number of thioether (sulfide) groups is 1. The van der Waals surface area contributed by atoms with Gasteiger partial charge in [-0.1, -0.05) is 69.3 Å². The minimum Gasteiger partial charge on any atom is -0.464 e. The molecule has 0 bridgehead atoms. The number of ether oxygens (including phenoxy) is 1. The van der Waals surface area contributed by atoms with Crippen molar-refractivity contribution in [3.8, 4) is 0 Å². The first-order valence-electron chi connectivity index (χ1n) is 9.76. The van der Waals surface area contributed by atoms with Crippen molar-refractivity contribution in [2.24, 2.45) is 0 Å². The Morgan fingerprint density at radius 2 is 1.69 bits per heavy atom. The quantitative estimate of drug-likeness (QED) is 0.599. The topological polar surface area (TPSA) is 67.4 Å². The van der Waals surface area contributed by atoms with Crippen molar-refractivity contribution in [3.05, 3.63) is 65.7 Å². The van der Waals surface area contributed by atoms with Gasteiger partial charge in [-0.05, 0) is 29.5 Å². The van der Waals surface area contributed by atoms with Gasteiger partial charge in [-0.15, -0.1) is 0 Å². The van der Waals surface area contributed by atoms with Crippen LogP contribution in [0.25, 0.3) is 0 Å².